The third-order valence-electron chi connectivity index (χ3n) is 3.96. The Balaban J connectivity index is 1.65. The van der Waals surface area contributed by atoms with Gasteiger partial charge in [0.05, 0.1) is 13.2 Å². The summed E-state index contributed by atoms with van der Waals surface area (Å²) in [5.41, 5.74) is 0. The van der Waals surface area contributed by atoms with E-state index in [1.165, 1.54) is 9.75 Å². The number of amides is 1. The van der Waals surface area contributed by atoms with E-state index in [0.717, 1.165) is 45.1 Å². The van der Waals surface area contributed by atoms with Crippen molar-refractivity contribution in [2.75, 3.05) is 45.1 Å². The molecule has 21 heavy (non-hydrogen) atoms. The molecular formula is C15H22N2O2S2. The van der Waals surface area contributed by atoms with Gasteiger partial charge in [-0.25, -0.2) is 0 Å². The summed E-state index contributed by atoms with van der Waals surface area (Å²) in [5, 5.41) is 0.214. The second kappa shape index (κ2) is 7.13. The fourth-order valence-corrected chi connectivity index (χ4v) is 5.14. The molecule has 2 aliphatic rings. The lowest BCUT2D eigenvalue weighted by molar-refractivity contribution is -0.132. The van der Waals surface area contributed by atoms with Crippen LogP contribution < -0.4 is 0 Å². The van der Waals surface area contributed by atoms with E-state index in [4.69, 9.17) is 4.74 Å². The molecule has 2 fully saturated rings. The molecule has 1 aromatic heterocycles. The number of morpholine rings is 1. The van der Waals surface area contributed by atoms with E-state index in [2.05, 4.69) is 28.9 Å². The highest BCUT2D eigenvalue weighted by atomic mass is 32.2. The Kier molecular flexibility index (Phi) is 5.21. The van der Waals surface area contributed by atoms with Gasteiger partial charge in [-0.15, -0.1) is 23.1 Å². The molecule has 1 atom stereocenters. The molecule has 2 saturated heterocycles. The molecule has 0 saturated carbocycles. The average Bonchev–Trinajstić information content (AvgIpc) is 2.93. The Bertz CT molecular complexity index is 486. The van der Waals surface area contributed by atoms with Gasteiger partial charge in [-0.1, -0.05) is 0 Å². The minimum Gasteiger partial charge on any atom is -0.379 e. The third-order valence-corrected chi connectivity index (χ3v) is 6.43. The average molecular weight is 326 g/mol. The number of carbonyl (C=O) groups is 1. The van der Waals surface area contributed by atoms with Crippen LogP contribution in [0.2, 0.25) is 0 Å². The first-order valence-corrected chi connectivity index (χ1v) is 9.38. The van der Waals surface area contributed by atoms with Crippen molar-refractivity contribution in [2.45, 2.75) is 18.7 Å². The predicted octanol–water partition coefficient (Wildman–Crippen LogP) is 2.35. The van der Waals surface area contributed by atoms with Crippen LogP contribution in [-0.4, -0.2) is 60.9 Å². The quantitative estimate of drug-likeness (QED) is 0.850. The van der Waals surface area contributed by atoms with E-state index in [0.29, 0.717) is 12.3 Å². The van der Waals surface area contributed by atoms with Crippen molar-refractivity contribution in [3.05, 3.63) is 21.9 Å². The smallest absolute Gasteiger partial charge is 0.224 e. The van der Waals surface area contributed by atoms with Crippen LogP contribution in [0, 0.1) is 6.92 Å². The Morgan fingerprint density at radius 3 is 2.81 bits per heavy atom. The van der Waals surface area contributed by atoms with Crippen molar-refractivity contribution < 1.29 is 9.53 Å². The summed E-state index contributed by atoms with van der Waals surface area (Å²) >= 11 is 3.71. The van der Waals surface area contributed by atoms with Gasteiger partial charge in [-0.05, 0) is 19.1 Å². The van der Waals surface area contributed by atoms with E-state index in [9.17, 15) is 4.79 Å². The SMILES string of the molecule is Cc1ccc(C2SCCC(=O)N2CCN2CCOCC2)s1. The largest absolute Gasteiger partial charge is 0.379 e. The fraction of sp³-hybridized carbons (Fsp3) is 0.667. The summed E-state index contributed by atoms with van der Waals surface area (Å²) in [6.45, 7) is 7.51. The van der Waals surface area contributed by atoms with Crippen molar-refractivity contribution in [1.29, 1.82) is 0 Å². The summed E-state index contributed by atoms with van der Waals surface area (Å²) in [5.74, 6) is 1.24. The molecule has 6 heteroatoms. The zero-order chi connectivity index (χ0) is 14.7. The minimum absolute atomic E-state index is 0.214. The molecule has 0 N–H and O–H groups in total. The molecule has 0 spiro atoms. The number of nitrogens with zero attached hydrogens (tertiary/aromatic N) is 2. The van der Waals surface area contributed by atoms with E-state index in [1.54, 1.807) is 0 Å². The van der Waals surface area contributed by atoms with Crippen LogP contribution in [0.4, 0.5) is 0 Å². The normalized spacial score (nSPS) is 24.5. The monoisotopic (exact) mass is 326 g/mol. The number of hydrogen-bond acceptors (Lipinski definition) is 5. The van der Waals surface area contributed by atoms with E-state index in [1.807, 2.05) is 23.1 Å². The Morgan fingerprint density at radius 1 is 1.29 bits per heavy atom. The molecule has 116 valence electrons. The highest BCUT2D eigenvalue weighted by molar-refractivity contribution is 7.99. The van der Waals surface area contributed by atoms with Gasteiger partial charge in [-0.2, -0.15) is 0 Å². The number of hydrogen-bond donors (Lipinski definition) is 0. The van der Waals surface area contributed by atoms with Gasteiger partial charge in [0.25, 0.3) is 0 Å². The van der Waals surface area contributed by atoms with Crippen molar-refractivity contribution in [2.24, 2.45) is 0 Å². The van der Waals surface area contributed by atoms with Gasteiger partial charge in [0, 0.05) is 48.1 Å². The highest BCUT2D eigenvalue weighted by Crippen LogP contribution is 2.40. The summed E-state index contributed by atoms with van der Waals surface area (Å²) < 4.78 is 5.38. The first-order chi connectivity index (χ1) is 10.2. The van der Waals surface area contributed by atoms with Crippen LogP contribution in [-0.2, 0) is 9.53 Å². The number of ether oxygens (including phenoxy) is 1. The lowest BCUT2D eigenvalue weighted by Gasteiger charge is -2.36. The molecule has 4 nitrogen and oxygen atoms in total. The second-order valence-corrected chi connectivity index (χ2v) is 7.97. The molecule has 1 amide bonds. The van der Waals surface area contributed by atoms with Gasteiger partial charge in [0.1, 0.15) is 5.37 Å². The molecule has 3 rings (SSSR count). The maximum Gasteiger partial charge on any atom is 0.224 e. The first kappa shape index (κ1) is 15.3. The lowest BCUT2D eigenvalue weighted by Crippen LogP contribution is -2.45. The molecule has 0 aliphatic carbocycles. The van der Waals surface area contributed by atoms with Crippen molar-refractivity contribution in [1.82, 2.24) is 9.80 Å². The van der Waals surface area contributed by atoms with Crippen LogP contribution in [0.15, 0.2) is 12.1 Å². The summed E-state index contributed by atoms with van der Waals surface area (Å²) in [6, 6.07) is 4.33. The molecule has 2 aliphatic heterocycles. The minimum atomic E-state index is 0.214. The Morgan fingerprint density at radius 2 is 2.10 bits per heavy atom. The maximum absolute atomic E-state index is 12.3. The van der Waals surface area contributed by atoms with Crippen LogP contribution in [0.3, 0.4) is 0 Å². The summed E-state index contributed by atoms with van der Waals surface area (Å²) in [6.07, 6.45) is 0.675. The number of thiophene rings is 1. The van der Waals surface area contributed by atoms with E-state index < -0.39 is 0 Å². The zero-order valence-corrected chi connectivity index (χ0v) is 14.0. The van der Waals surface area contributed by atoms with E-state index >= 15 is 0 Å². The molecule has 0 radical (unpaired) electrons. The van der Waals surface area contributed by atoms with Gasteiger partial charge in [-0.3, -0.25) is 9.69 Å². The molecular weight excluding hydrogens is 304 g/mol. The number of carbonyl (C=O) groups excluding carboxylic acids is 1. The highest BCUT2D eigenvalue weighted by Gasteiger charge is 2.30. The van der Waals surface area contributed by atoms with Crippen molar-refractivity contribution in [3.8, 4) is 0 Å². The number of aryl methyl sites for hydroxylation is 1. The molecule has 1 unspecified atom stereocenters. The molecule has 1 aromatic rings. The standard InChI is InChI=1S/C15H22N2O2S2/c1-12-2-3-13(21-12)15-17(14(18)4-11-20-15)6-5-16-7-9-19-10-8-16/h2-3,15H,4-11H2,1H3. The second-order valence-electron chi connectivity index (χ2n) is 5.46. The first-order valence-electron chi connectivity index (χ1n) is 7.51. The Hall–Kier alpha value is -0.560. The maximum atomic E-state index is 12.3. The fourth-order valence-electron chi connectivity index (χ4n) is 2.76. The van der Waals surface area contributed by atoms with Crippen molar-refractivity contribution >= 4 is 29.0 Å². The van der Waals surface area contributed by atoms with Gasteiger partial charge in [0.2, 0.25) is 5.91 Å². The molecule has 0 bridgehead atoms. The third kappa shape index (κ3) is 3.80. The van der Waals surface area contributed by atoms with Crippen LogP contribution in [0.25, 0.3) is 0 Å². The summed E-state index contributed by atoms with van der Waals surface area (Å²) in [7, 11) is 0. The van der Waals surface area contributed by atoms with Crippen molar-refractivity contribution in [3.63, 3.8) is 0 Å². The predicted molar refractivity (Wildman–Crippen MR) is 87.8 cm³/mol. The lowest BCUT2D eigenvalue weighted by atomic mass is 10.3. The van der Waals surface area contributed by atoms with Crippen LogP contribution in [0.5, 0.6) is 0 Å². The molecule has 3 heterocycles. The van der Waals surface area contributed by atoms with Gasteiger partial charge >= 0.3 is 0 Å². The Labute approximate surface area is 134 Å². The summed E-state index contributed by atoms with van der Waals surface area (Å²) in [4.78, 5) is 19.4. The van der Waals surface area contributed by atoms with E-state index in [-0.39, 0.29) is 5.37 Å². The molecule has 0 aromatic carbocycles. The number of thioether (sulfide) groups is 1. The zero-order valence-electron chi connectivity index (χ0n) is 12.4. The van der Waals surface area contributed by atoms with Crippen LogP contribution >= 0.6 is 23.1 Å². The number of rotatable bonds is 4. The van der Waals surface area contributed by atoms with Crippen LogP contribution in [0.1, 0.15) is 21.5 Å². The van der Waals surface area contributed by atoms with Gasteiger partial charge < -0.3 is 9.64 Å². The topological polar surface area (TPSA) is 32.8 Å². The van der Waals surface area contributed by atoms with Gasteiger partial charge in [0.15, 0.2) is 0 Å².